The molecule has 0 aliphatic heterocycles. The molecule has 0 saturated heterocycles. The van der Waals surface area contributed by atoms with Gasteiger partial charge in [-0.05, 0) is 55.3 Å². The van der Waals surface area contributed by atoms with Gasteiger partial charge < -0.3 is 19.5 Å². The van der Waals surface area contributed by atoms with Gasteiger partial charge in [0.15, 0.2) is 11.5 Å². The summed E-state index contributed by atoms with van der Waals surface area (Å²) in [6.07, 6.45) is 3.03. The standard InChI is InChI=1S/C31H27Cl2NO5S/c1-4-38-31(36)29-23(21-12-8-19(2)9-13-21)18-40-30(29)34-28(35)15-11-20-10-14-26(27(16-20)37-3)39-17-22-24(32)6-5-7-25(22)33/h5-16,18H,4,17H2,1-3H3,(H,34,35). The second-order valence-corrected chi connectivity index (χ2v) is 10.4. The molecule has 6 nitrogen and oxygen atoms in total. The Balaban J connectivity index is 1.49. The average Bonchev–Trinajstić information content (AvgIpc) is 3.36. The number of esters is 1. The van der Waals surface area contributed by atoms with Gasteiger partial charge in [0.05, 0.1) is 13.7 Å². The fourth-order valence-corrected chi connectivity index (χ4v) is 5.32. The molecule has 3 aromatic carbocycles. The van der Waals surface area contributed by atoms with Gasteiger partial charge in [0.2, 0.25) is 5.91 Å². The van der Waals surface area contributed by atoms with E-state index in [9.17, 15) is 9.59 Å². The van der Waals surface area contributed by atoms with Gasteiger partial charge in [-0.2, -0.15) is 0 Å². The van der Waals surface area contributed by atoms with Crippen molar-refractivity contribution >= 4 is 57.5 Å². The predicted molar refractivity (Wildman–Crippen MR) is 162 cm³/mol. The molecule has 1 aromatic heterocycles. The normalized spacial score (nSPS) is 10.9. The van der Waals surface area contributed by atoms with E-state index >= 15 is 0 Å². The summed E-state index contributed by atoms with van der Waals surface area (Å²) in [6.45, 7) is 4.13. The maximum absolute atomic E-state index is 12.8. The summed E-state index contributed by atoms with van der Waals surface area (Å²) < 4.78 is 16.7. The van der Waals surface area contributed by atoms with Crippen molar-refractivity contribution in [3.05, 3.63) is 104 Å². The largest absolute Gasteiger partial charge is 0.493 e. The molecule has 0 unspecified atom stereocenters. The third-order valence-electron chi connectivity index (χ3n) is 5.92. The van der Waals surface area contributed by atoms with Crippen molar-refractivity contribution in [1.82, 2.24) is 0 Å². The lowest BCUT2D eigenvalue weighted by Gasteiger charge is -2.13. The van der Waals surface area contributed by atoms with E-state index in [4.69, 9.17) is 37.4 Å². The molecule has 4 rings (SSSR count). The molecule has 40 heavy (non-hydrogen) atoms. The number of ether oxygens (including phenoxy) is 3. The molecule has 1 N–H and O–H groups in total. The van der Waals surface area contributed by atoms with Gasteiger partial charge in [-0.15, -0.1) is 11.3 Å². The fourth-order valence-electron chi connectivity index (χ4n) is 3.85. The van der Waals surface area contributed by atoms with Crippen LogP contribution < -0.4 is 14.8 Å². The van der Waals surface area contributed by atoms with Gasteiger partial charge in [-0.25, -0.2) is 4.79 Å². The molecule has 0 spiro atoms. The van der Waals surface area contributed by atoms with Gasteiger partial charge in [0.1, 0.15) is 17.2 Å². The highest BCUT2D eigenvalue weighted by Crippen LogP contribution is 2.37. The minimum atomic E-state index is -0.489. The summed E-state index contributed by atoms with van der Waals surface area (Å²) in [5.74, 6) is 0.102. The van der Waals surface area contributed by atoms with Crippen LogP contribution in [0.3, 0.4) is 0 Å². The summed E-state index contributed by atoms with van der Waals surface area (Å²) in [5, 5.41) is 6.11. The van der Waals surface area contributed by atoms with Crippen LogP contribution in [-0.4, -0.2) is 25.6 Å². The zero-order valence-electron chi connectivity index (χ0n) is 22.1. The van der Waals surface area contributed by atoms with Crippen LogP contribution in [0.1, 0.15) is 34.0 Å². The Bertz CT molecular complexity index is 1530. The van der Waals surface area contributed by atoms with Crippen molar-refractivity contribution in [2.45, 2.75) is 20.5 Å². The second-order valence-electron chi connectivity index (χ2n) is 8.66. The lowest BCUT2D eigenvalue weighted by Crippen LogP contribution is -2.12. The number of carbonyl (C=O) groups excluding carboxylic acids is 2. The first kappa shape index (κ1) is 29.2. The number of halogens is 2. The van der Waals surface area contributed by atoms with Gasteiger partial charge in [-0.3, -0.25) is 4.79 Å². The van der Waals surface area contributed by atoms with E-state index in [1.165, 1.54) is 24.5 Å². The molecule has 0 atom stereocenters. The second kappa shape index (κ2) is 13.5. The zero-order chi connectivity index (χ0) is 28.6. The molecule has 0 aliphatic rings. The number of hydrogen-bond donors (Lipinski definition) is 1. The smallest absolute Gasteiger partial charge is 0.341 e. The Hall–Kier alpha value is -3.78. The van der Waals surface area contributed by atoms with E-state index in [-0.39, 0.29) is 13.2 Å². The van der Waals surface area contributed by atoms with Crippen LogP contribution in [0.2, 0.25) is 10.0 Å². The van der Waals surface area contributed by atoms with Gasteiger partial charge >= 0.3 is 5.97 Å². The summed E-state index contributed by atoms with van der Waals surface area (Å²) in [6, 6.07) is 18.4. The maximum Gasteiger partial charge on any atom is 0.341 e. The number of rotatable bonds is 10. The molecule has 0 aliphatic carbocycles. The van der Waals surface area contributed by atoms with Crippen molar-refractivity contribution in [3.63, 3.8) is 0 Å². The van der Waals surface area contributed by atoms with Crippen LogP contribution in [0, 0.1) is 6.92 Å². The zero-order valence-corrected chi connectivity index (χ0v) is 24.5. The quantitative estimate of drug-likeness (QED) is 0.147. The summed E-state index contributed by atoms with van der Waals surface area (Å²) in [7, 11) is 1.53. The minimum Gasteiger partial charge on any atom is -0.493 e. The molecule has 1 heterocycles. The number of carbonyl (C=O) groups is 2. The van der Waals surface area contributed by atoms with Crippen LogP contribution >= 0.6 is 34.5 Å². The lowest BCUT2D eigenvalue weighted by molar-refractivity contribution is -0.111. The summed E-state index contributed by atoms with van der Waals surface area (Å²) in [5.41, 5.74) is 4.41. The Kier molecular flexibility index (Phi) is 9.88. The number of nitrogens with one attached hydrogen (secondary N) is 1. The minimum absolute atomic E-state index is 0.167. The predicted octanol–water partition coefficient (Wildman–Crippen LogP) is 8.45. The Morgan fingerprint density at radius 3 is 2.40 bits per heavy atom. The molecular formula is C31H27Cl2NO5S. The Morgan fingerprint density at radius 1 is 1.00 bits per heavy atom. The third-order valence-corrected chi connectivity index (χ3v) is 7.52. The highest BCUT2D eigenvalue weighted by atomic mass is 35.5. The molecule has 0 bridgehead atoms. The first-order chi connectivity index (χ1) is 19.3. The lowest BCUT2D eigenvalue weighted by atomic mass is 10.0. The molecule has 0 radical (unpaired) electrons. The highest BCUT2D eigenvalue weighted by Gasteiger charge is 2.22. The topological polar surface area (TPSA) is 73.9 Å². The van der Waals surface area contributed by atoms with E-state index < -0.39 is 11.9 Å². The third kappa shape index (κ3) is 7.04. The number of methoxy groups -OCH3 is 1. The van der Waals surface area contributed by atoms with Crippen molar-refractivity contribution < 1.29 is 23.8 Å². The van der Waals surface area contributed by atoms with Gasteiger partial charge in [-0.1, -0.05) is 65.2 Å². The van der Waals surface area contributed by atoms with E-state index in [0.717, 1.165) is 11.1 Å². The average molecular weight is 597 g/mol. The summed E-state index contributed by atoms with van der Waals surface area (Å²) >= 11 is 13.7. The Morgan fingerprint density at radius 2 is 1.73 bits per heavy atom. The molecule has 1 amide bonds. The van der Waals surface area contributed by atoms with Crippen LogP contribution in [0.15, 0.2) is 72.1 Å². The molecule has 4 aromatic rings. The van der Waals surface area contributed by atoms with Gasteiger partial charge in [0.25, 0.3) is 0 Å². The van der Waals surface area contributed by atoms with Crippen LogP contribution in [-0.2, 0) is 16.1 Å². The van der Waals surface area contributed by atoms with Crippen molar-refractivity contribution in [2.24, 2.45) is 0 Å². The monoisotopic (exact) mass is 595 g/mol. The first-order valence-electron chi connectivity index (χ1n) is 12.4. The van der Waals surface area contributed by atoms with Crippen LogP contribution in [0.5, 0.6) is 11.5 Å². The molecular weight excluding hydrogens is 569 g/mol. The number of thiophene rings is 1. The number of anilines is 1. The molecule has 0 saturated carbocycles. The first-order valence-corrected chi connectivity index (χ1v) is 14.0. The van der Waals surface area contributed by atoms with Gasteiger partial charge in [0, 0.05) is 32.6 Å². The number of benzene rings is 3. The summed E-state index contributed by atoms with van der Waals surface area (Å²) in [4.78, 5) is 25.6. The number of hydrogen-bond acceptors (Lipinski definition) is 6. The van der Waals surface area contributed by atoms with Crippen molar-refractivity contribution in [3.8, 4) is 22.6 Å². The maximum atomic E-state index is 12.8. The van der Waals surface area contributed by atoms with E-state index in [2.05, 4.69) is 5.32 Å². The molecule has 0 fully saturated rings. The number of amides is 1. The van der Waals surface area contributed by atoms with Crippen molar-refractivity contribution in [2.75, 3.05) is 19.0 Å². The SMILES string of the molecule is CCOC(=O)c1c(-c2ccc(C)cc2)csc1NC(=O)C=Cc1ccc(OCc2c(Cl)cccc2Cl)c(OC)c1. The van der Waals surface area contributed by atoms with E-state index in [1.54, 1.807) is 49.4 Å². The number of aryl methyl sites for hydroxylation is 1. The van der Waals surface area contributed by atoms with Crippen molar-refractivity contribution in [1.29, 1.82) is 0 Å². The van der Waals surface area contributed by atoms with E-state index in [0.29, 0.717) is 48.8 Å². The Labute approximate surface area is 247 Å². The van der Waals surface area contributed by atoms with Crippen LogP contribution in [0.25, 0.3) is 17.2 Å². The van der Waals surface area contributed by atoms with E-state index in [1.807, 2.05) is 36.6 Å². The fraction of sp³-hybridized carbons (Fsp3) is 0.161. The highest BCUT2D eigenvalue weighted by molar-refractivity contribution is 7.15. The molecule has 206 valence electrons. The molecule has 9 heteroatoms. The van der Waals surface area contributed by atoms with Crippen LogP contribution in [0.4, 0.5) is 5.00 Å².